The number of halogens is 1. The number of nitrogens with two attached hydrogens (primary N) is 1. The number of likely N-dealkylation sites (tertiary alicyclic amines) is 1. The lowest BCUT2D eigenvalue weighted by Gasteiger charge is -2.40. The number of nitrogens with zero attached hydrogens (tertiary/aromatic N) is 3. The van der Waals surface area contributed by atoms with E-state index in [9.17, 15) is 4.79 Å². The van der Waals surface area contributed by atoms with Gasteiger partial charge in [-0.25, -0.2) is 4.79 Å². The van der Waals surface area contributed by atoms with E-state index in [4.69, 9.17) is 15.2 Å². The lowest BCUT2D eigenvalue weighted by molar-refractivity contribution is -0.00683. The Labute approximate surface area is 173 Å². The Morgan fingerprint density at radius 2 is 1.88 bits per heavy atom. The molecule has 1 amide bonds. The Morgan fingerprint density at radius 3 is 2.46 bits per heavy atom. The maximum Gasteiger partial charge on any atom is 0.409 e. The molecule has 2 heterocycles. The van der Waals surface area contributed by atoms with Crippen LogP contribution in [0.15, 0.2) is 4.99 Å². The van der Waals surface area contributed by atoms with Gasteiger partial charge in [0.15, 0.2) is 5.96 Å². The third-order valence-corrected chi connectivity index (χ3v) is 4.88. The number of hydrogen-bond donors (Lipinski definition) is 2. The predicted octanol–water partition coefficient (Wildman–Crippen LogP) is 1.24. The molecule has 0 unspecified atom stereocenters. The van der Waals surface area contributed by atoms with Gasteiger partial charge in [0, 0.05) is 37.8 Å². The summed E-state index contributed by atoms with van der Waals surface area (Å²) in [6.45, 7) is 12.0. The van der Waals surface area contributed by atoms with Crippen molar-refractivity contribution in [3.8, 4) is 0 Å². The highest BCUT2D eigenvalue weighted by Crippen LogP contribution is 2.16. The minimum atomic E-state index is -0.227. The molecule has 9 heteroatoms. The van der Waals surface area contributed by atoms with Crippen LogP contribution in [0.4, 0.5) is 4.79 Å². The van der Waals surface area contributed by atoms with Crippen molar-refractivity contribution in [3.63, 3.8) is 0 Å². The summed E-state index contributed by atoms with van der Waals surface area (Å²) in [6.07, 6.45) is 1.47. The number of amides is 1. The van der Waals surface area contributed by atoms with Gasteiger partial charge in [0.2, 0.25) is 0 Å². The van der Waals surface area contributed by atoms with Crippen LogP contribution < -0.4 is 11.1 Å². The summed E-state index contributed by atoms with van der Waals surface area (Å²) >= 11 is 0. The Bertz CT molecular complexity index is 461. The van der Waals surface area contributed by atoms with Gasteiger partial charge in [-0.05, 0) is 33.6 Å². The van der Waals surface area contributed by atoms with Gasteiger partial charge in [-0.2, -0.15) is 0 Å². The fourth-order valence-corrected chi connectivity index (χ4v) is 3.22. The molecule has 2 rings (SSSR count). The van der Waals surface area contributed by atoms with E-state index in [0.29, 0.717) is 32.2 Å². The Balaban J connectivity index is 0.00000338. The molecule has 2 fully saturated rings. The molecule has 2 aliphatic rings. The van der Waals surface area contributed by atoms with E-state index in [2.05, 4.69) is 29.1 Å². The third-order valence-electron chi connectivity index (χ3n) is 4.88. The average molecular weight is 483 g/mol. The van der Waals surface area contributed by atoms with Crippen LogP contribution >= 0.6 is 24.0 Å². The highest BCUT2D eigenvalue weighted by atomic mass is 127. The van der Waals surface area contributed by atoms with Gasteiger partial charge < -0.3 is 25.4 Å². The van der Waals surface area contributed by atoms with Gasteiger partial charge in [-0.3, -0.25) is 9.89 Å². The van der Waals surface area contributed by atoms with Gasteiger partial charge in [-0.1, -0.05) is 0 Å². The maximum absolute atomic E-state index is 11.7. The van der Waals surface area contributed by atoms with Crippen LogP contribution in [0.2, 0.25) is 0 Å². The number of nitrogens with one attached hydrogen (secondary N) is 1. The van der Waals surface area contributed by atoms with Gasteiger partial charge in [0.1, 0.15) is 0 Å². The number of aliphatic imine (C=N–C) groups is 1. The number of hydrogen-bond acceptors (Lipinski definition) is 5. The van der Waals surface area contributed by atoms with Crippen molar-refractivity contribution in [2.45, 2.75) is 45.2 Å². The van der Waals surface area contributed by atoms with Crippen LogP contribution in [-0.4, -0.2) is 86.0 Å². The number of ether oxygens (including phenoxy) is 2. The molecule has 3 N–H and O–H groups in total. The van der Waals surface area contributed by atoms with E-state index in [0.717, 1.165) is 39.1 Å². The zero-order chi connectivity index (χ0) is 18.3. The van der Waals surface area contributed by atoms with E-state index < -0.39 is 0 Å². The molecule has 26 heavy (non-hydrogen) atoms. The van der Waals surface area contributed by atoms with E-state index in [1.165, 1.54) is 0 Å². The van der Waals surface area contributed by atoms with Crippen LogP contribution in [0.1, 0.15) is 33.6 Å². The summed E-state index contributed by atoms with van der Waals surface area (Å²) in [6, 6.07) is 0.251. The summed E-state index contributed by atoms with van der Waals surface area (Å²) in [5.41, 5.74) is 6.04. The molecule has 152 valence electrons. The number of carbonyl (C=O) groups excluding carboxylic acids is 1. The summed E-state index contributed by atoms with van der Waals surface area (Å²) in [7, 11) is 0. The Morgan fingerprint density at radius 1 is 1.27 bits per heavy atom. The second-order valence-corrected chi connectivity index (χ2v) is 7.22. The van der Waals surface area contributed by atoms with Crippen LogP contribution in [0.25, 0.3) is 0 Å². The summed E-state index contributed by atoms with van der Waals surface area (Å²) in [5.74, 6) is 0.482. The number of piperidine rings is 1. The van der Waals surface area contributed by atoms with Crippen molar-refractivity contribution in [2.75, 3.05) is 52.5 Å². The Kier molecular flexibility index (Phi) is 9.94. The maximum atomic E-state index is 11.7. The van der Waals surface area contributed by atoms with Gasteiger partial charge >= 0.3 is 6.09 Å². The molecule has 0 atom stereocenters. The number of morpholine rings is 1. The molecule has 0 aromatic rings. The predicted molar refractivity (Wildman–Crippen MR) is 113 cm³/mol. The zero-order valence-electron chi connectivity index (χ0n) is 16.2. The van der Waals surface area contributed by atoms with Gasteiger partial charge in [0.25, 0.3) is 0 Å². The SMILES string of the molecule is CCOC(=O)N1CCC(NC(N)=NCC(C)(C)N2CCOCC2)CC1.I. The van der Waals surface area contributed by atoms with Gasteiger partial charge in [0.05, 0.1) is 26.4 Å². The zero-order valence-corrected chi connectivity index (χ0v) is 18.5. The fraction of sp³-hybridized carbons (Fsp3) is 0.882. The molecular formula is C17H34IN5O3. The molecule has 2 saturated heterocycles. The lowest BCUT2D eigenvalue weighted by Crippen LogP contribution is -2.52. The van der Waals surface area contributed by atoms with E-state index >= 15 is 0 Å². The first-order valence-corrected chi connectivity index (χ1v) is 9.23. The highest BCUT2D eigenvalue weighted by molar-refractivity contribution is 14.0. The second kappa shape index (κ2) is 11.1. The standard InChI is InChI=1S/C17H33N5O3.HI/c1-4-25-16(23)21-7-5-14(6-8-21)20-15(18)19-13-17(2,3)22-9-11-24-12-10-22;/h14H,4-13H2,1-3H3,(H3,18,19,20);1H. The molecule has 0 aromatic heterocycles. The van der Waals surface area contributed by atoms with Crippen LogP contribution in [0, 0.1) is 0 Å². The van der Waals surface area contributed by atoms with Crippen LogP contribution in [0.5, 0.6) is 0 Å². The molecule has 0 saturated carbocycles. The van der Waals surface area contributed by atoms with E-state index in [-0.39, 0.29) is 41.7 Å². The van der Waals surface area contributed by atoms with Crippen LogP contribution in [-0.2, 0) is 9.47 Å². The summed E-state index contributed by atoms with van der Waals surface area (Å²) in [4.78, 5) is 20.4. The highest BCUT2D eigenvalue weighted by Gasteiger charge is 2.28. The first-order valence-electron chi connectivity index (χ1n) is 9.23. The summed E-state index contributed by atoms with van der Waals surface area (Å²) < 4.78 is 10.4. The average Bonchev–Trinajstić information content (AvgIpc) is 2.62. The van der Waals surface area contributed by atoms with Crippen molar-refractivity contribution in [1.29, 1.82) is 0 Å². The van der Waals surface area contributed by atoms with Crippen molar-refractivity contribution in [3.05, 3.63) is 0 Å². The lowest BCUT2D eigenvalue weighted by atomic mass is 10.0. The minimum Gasteiger partial charge on any atom is -0.450 e. The molecule has 0 aliphatic carbocycles. The number of carbonyl (C=O) groups is 1. The third kappa shape index (κ3) is 7.07. The quantitative estimate of drug-likeness (QED) is 0.348. The smallest absolute Gasteiger partial charge is 0.409 e. The summed E-state index contributed by atoms with van der Waals surface area (Å²) in [5, 5.41) is 3.29. The monoisotopic (exact) mass is 483 g/mol. The molecule has 0 spiro atoms. The van der Waals surface area contributed by atoms with Crippen molar-refractivity contribution in [1.82, 2.24) is 15.1 Å². The topological polar surface area (TPSA) is 92.4 Å². The molecular weight excluding hydrogens is 449 g/mol. The largest absolute Gasteiger partial charge is 0.450 e. The minimum absolute atomic E-state index is 0. The first kappa shape index (κ1) is 23.2. The van der Waals surface area contributed by atoms with Crippen LogP contribution in [0.3, 0.4) is 0 Å². The molecule has 8 nitrogen and oxygen atoms in total. The van der Waals surface area contributed by atoms with E-state index in [1.54, 1.807) is 4.90 Å². The number of rotatable bonds is 5. The second-order valence-electron chi connectivity index (χ2n) is 7.22. The van der Waals surface area contributed by atoms with Crippen molar-refractivity contribution < 1.29 is 14.3 Å². The van der Waals surface area contributed by atoms with Crippen molar-refractivity contribution in [2.24, 2.45) is 10.7 Å². The van der Waals surface area contributed by atoms with Crippen molar-refractivity contribution >= 4 is 36.0 Å². The molecule has 0 aromatic carbocycles. The Hall–Kier alpha value is -0.810. The normalized spacial score (nSPS) is 20.4. The fourth-order valence-electron chi connectivity index (χ4n) is 3.22. The molecule has 0 bridgehead atoms. The molecule has 2 aliphatic heterocycles. The first-order chi connectivity index (χ1) is 11.9. The molecule has 0 radical (unpaired) electrons. The van der Waals surface area contributed by atoms with Gasteiger partial charge in [-0.15, -0.1) is 24.0 Å². The van der Waals surface area contributed by atoms with E-state index in [1.807, 2.05) is 6.92 Å². The number of guanidine groups is 1.